The lowest BCUT2D eigenvalue weighted by Crippen LogP contribution is -2.51. The van der Waals surface area contributed by atoms with Crippen molar-refractivity contribution in [3.8, 4) is 0 Å². The summed E-state index contributed by atoms with van der Waals surface area (Å²) in [4.78, 5) is 2.40. The van der Waals surface area contributed by atoms with Crippen LogP contribution in [-0.4, -0.2) is 28.6 Å². The SMILES string of the molecule is CCCCCCNC(=S)N1[C@@H](C)CCC[C@@H]1C. The summed E-state index contributed by atoms with van der Waals surface area (Å²) >= 11 is 5.52. The Labute approximate surface area is 112 Å². The van der Waals surface area contributed by atoms with Crippen LogP contribution in [0.5, 0.6) is 0 Å². The minimum atomic E-state index is 0.606. The number of hydrogen-bond donors (Lipinski definition) is 1. The number of nitrogens with one attached hydrogen (secondary N) is 1. The second-order valence-electron chi connectivity index (χ2n) is 5.33. The maximum atomic E-state index is 5.52. The molecule has 0 aromatic heterocycles. The highest BCUT2D eigenvalue weighted by Crippen LogP contribution is 2.22. The van der Waals surface area contributed by atoms with E-state index in [1.807, 2.05) is 0 Å². The minimum absolute atomic E-state index is 0.606. The number of unbranched alkanes of at least 4 members (excludes halogenated alkanes) is 3. The zero-order valence-electron chi connectivity index (χ0n) is 11.7. The van der Waals surface area contributed by atoms with E-state index in [4.69, 9.17) is 12.2 Å². The zero-order valence-corrected chi connectivity index (χ0v) is 12.5. The molecule has 1 saturated heterocycles. The summed E-state index contributed by atoms with van der Waals surface area (Å²) in [7, 11) is 0. The van der Waals surface area contributed by atoms with E-state index in [0.717, 1.165) is 11.7 Å². The number of hydrogen-bond acceptors (Lipinski definition) is 1. The van der Waals surface area contributed by atoms with Gasteiger partial charge in [0.05, 0.1) is 0 Å². The van der Waals surface area contributed by atoms with Gasteiger partial charge in [-0.2, -0.15) is 0 Å². The normalized spacial score (nSPS) is 24.8. The van der Waals surface area contributed by atoms with Gasteiger partial charge in [-0.3, -0.25) is 0 Å². The number of thiocarbonyl (C=S) groups is 1. The van der Waals surface area contributed by atoms with Crippen molar-refractivity contribution >= 4 is 17.3 Å². The lowest BCUT2D eigenvalue weighted by Gasteiger charge is -2.41. The van der Waals surface area contributed by atoms with Gasteiger partial charge in [0.25, 0.3) is 0 Å². The Morgan fingerprint density at radius 2 is 1.82 bits per heavy atom. The lowest BCUT2D eigenvalue weighted by atomic mass is 9.98. The van der Waals surface area contributed by atoms with Crippen LogP contribution in [0.25, 0.3) is 0 Å². The van der Waals surface area contributed by atoms with Gasteiger partial charge in [-0.1, -0.05) is 26.2 Å². The first-order chi connectivity index (χ1) is 8.16. The van der Waals surface area contributed by atoms with Gasteiger partial charge < -0.3 is 10.2 Å². The van der Waals surface area contributed by atoms with E-state index in [2.05, 4.69) is 31.0 Å². The lowest BCUT2D eigenvalue weighted by molar-refractivity contribution is 0.189. The van der Waals surface area contributed by atoms with Gasteiger partial charge in [0.15, 0.2) is 5.11 Å². The van der Waals surface area contributed by atoms with Crippen molar-refractivity contribution in [1.82, 2.24) is 10.2 Å². The summed E-state index contributed by atoms with van der Waals surface area (Å²) in [5.41, 5.74) is 0. The zero-order chi connectivity index (χ0) is 12.7. The van der Waals surface area contributed by atoms with Crippen LogP contribution in [0.15, 0.2) is 0 Å². The largest absolute Gasteiger partial charge is 0.363 e. The Morgan fingerprint density at radius 1 is 1.18 bits per heavy atom. The Morgan fingerprint density at radius 3 is 2.41 bits per heavy atom. The first-order valence-corrected chi connectivity index (χ1v) is 7.63. The minimum Gasteiger partial charge on any atom is -0.363 e. The quantitative estimate of drug-likeness (QED) is 0.596. The molecule has 1 aliphatic rings. The summed E-state index contributed by atoms with van der Waals surface area (Å²) in [6.45, 7) is 7.87. The molecular formula is C14H28N2S. The molecule has 100 valence electrons. The predicted octanol–water partition coefficient (Wildman–Crippen LogP) is 3.70. The molecule has 0 radical (unpaired) electrons. The summed E-state index contributed by atoms with van der Waals surface area (Å²) in [5, 5.41) is 4.40. The monoisotopic (exact) mass is 256 g/mol. The van der Waals surface area contributed by atoms with Gasteiger partial charge in [0.2, 0.25) is 0 Å². The molecule has 2 atom stereocenters. The van der Waals surface area contributed by atoms with E-state index in [9.17, 15) is 0 Å². The first kappa shape index (κ1) is 14.7. The molecule has 1 rings (SSSR count). The van der Waals surface area contributed by atoms with E-state index < -0.39 is 0 Å². The molecule has 0 saturated carbocycles. The van der Waals surface area contributed by atoms with E-state index in [-0.39, 0.29) is 0 Å². The second-order valence-corrected chi connectivity index (χ2v) is 5.72. The molecule has 0 spiro atoms. The predicted molar refractivity (Wildman–Crippen MR) is 79.4 cm³/mol. The van der Waals surface area contributed by atoms with Crippen molar-refractivity contribution in [3.05, 3.63) is 0 Å². The molecular weight excluding hydrogens is 228 g/mol. The third-order valence-corrected chi connectivity index (χ3v) is 4.09. The number of rotatable bonds is 5. The Bertz CT molecular complexity index is 220. The van der Waals surface area contributed by atoms with Crippen LogP contribution in [0.2, 0.25) is 0 Å². The van der Waals surface area contributed by atoms with Crippen molar-refractivity contribution in [1.29, 1.82) is 0 Å². The fourth-order valence-electron chi connectivity index (χ4n) is 2.66. The van der Waals surface area contributed by atoms with E-state index in [0.29, 0.717) is 12.1 Å². The summed E-state index contributed by atoms with van der Waals surface area (Å²) in [6, 6.07) is 1.21. The second kappa shape index (κ2) is 7.91. The molecule has 0 aromatic carbocycles. The van der Waals surface area contributed by atoms with Gasteiger partial charge in [-0.25, -0.2) is 0 Å². The topological polar surface area (TPSA) is 15.3 Å². The highest BCUT2D eigenvalue weighted by Gasteiger charge is 2.26. The van der Waals surface area contributed by atoms with Gasteiger partial charge in [0.1, 0.15) is 0 Å². The molecule has 0 amide bonds. The van der Waals surface area contributed by atoms with Crippen LogP contribution in [-0.2, 0) is 0 Å². The molecule has 0 aliphatic carbocycles. The molecule has 1 N–H and O–H groups in total. The number of nitrogens with zero attached hydrogens (tertiary/aromatic N) is 1. The van der Waals surface area contributed by atoms with Crippen LogP contribution < -0.4 is 5.32 Å². The molecule has 0 aromatic rings. The third kappa shape index (κ3) is 4.82. The van der Waals surface area contributed by atoms with Crippen molar-refractivity contribution in [2.24, 2.45) is 0 Å². The average molecular weight is 256 g/mol. The highest BCUT2D eigenvalue weighted by molar-refractivity contribution is 7.80. The van der Waals surface area contributed by atoms with Crippen LogP contribution in [0.3, 0.4) is 0 Å². The standard InChI is InChI=1S/C14H28N2S/c1-4-5-6-7-11-15-14(17)16-12(2)9-8-10-13(16)3/h12-13H,4-11H2,1-3H3,(H,15,17)/t12-,13-/m0/s1. The van der Waals surface area contributed by atoms with Crippen molar-refractivity contribution < 1.29 is 0 Å². The summed E-state index contributed by atoms with van der Waals surface area (Å²) in [5.74, 6) is 0. The fraction of sp³-hybridized carbons (Fsp3) is 0.929. The van der Waals surface area contributed by atoms with Crippen LogP contribution >= 0.6 is 12.2 Å². The third-order valence-electron chi connectivity index (χ3n) is 3.73. The Hall–Kier alpha value is -0.310. The van der Waals surface area contributed by atoms with Crippen molar-refractivity contribution in [2.75, 3.05) is 6.54 Å². The molecule has 1 fully saturated rings. The van der Waals surface area contributed by atoms with Crippen LogP contribution in [0.4, 0.5) is 0 Å². The molecule has 17 heavy (non-hydrogen) atoms. The van der Waals surface area contributed by atoms with Gasteiger partial charge in [-0.15, -0.1) is 0 Å². The first-order valence-electron chi connectivity index (χ1n) is 7.23. The summed E-state index contributed by atoms with van der Waals surface area (Å²) in [6.07, 6.45) is 9.10. The van der Waals surface area contributed by atoms with E-state index in [1.165, 1.54) is 44.9 Å². The molecule has 0 unspecified atom stereocenters. The van der Waals surface area contributed by atoms with Gasteiger partial charge in [0, 0.05) is 18.6 Å². The summed E-state index contributed by atoms with van der Waals surface area (Å²) < 4.78 is 0. The molecule has 1 heterocycles. The van der Waals surface area contributed by atoms with Crippen molar-refractivity contribution in [2.45, 2.75) is 77.8 Å². The molecule has 3 heteroatoms. The highest BCUT2D eigenvalue weighted by atomic mass is 32.1. The fourth-order valence-corrected chi connectivity index (χ4v) is 3.12. The maximum absolute atomic E-state index is 5.52. The molecule has 2 nitrogen and oxygen atoms in total. The number of likely N-dealkylation sites (tertiary alicyclic amines) is 1. The average Bonchev–Trinajstić information content (AvgIpc) is 2.28. The maximum Gasteiger partial charge on any atom is 0.169 e. The van der Waals surface area contributed by atoms with Crippen LogP contribution in [0.1, 0.15) is 65.7 Å². The molecule has 0 bridgehead atoms. The Kier molecular flexibility index (Phi) is 6.86. The van der Waals surface area contributed by atoms with Gasteiger partial charge in [-0.05, 0) is 51.7 Å². The molecule has 1 aliphatic heterocycles. The van der Waals surface area contributed by atoms with Crippen molar-refractivity contribution in [3.63, 3.8) is 0 Å². The van der Waals surface area contributed by atoms with E-state index in [1.54, 1.807) is 0 Å². The van der Waals surface area contributed by atoms with Gasteiger partial charge >= 0.3 is 0 Å². The van der Waals surface area contributed by atoms with Crippen LogP contribution in [0, 0.1) is 0 Å². The van der Waals surface area contributed by atoms with E-state index >= 15 is 0 Å². The number of piperidine rings is 1. The smallest absolute Gasteiger partial charge is 0.169 e. The Balaban J connectivity index is 2.25.